The number of nitrogens with zero attached hydrogens (tertiary/aromatic N) is 2. The van der Waals surface area contributed by atoms with Gasteiger partial charge in [0.05, 0.1) is 5.69 Å². The molecule has 27 heavy (non-hydrogen) atoms. The van der Waals surface area contributed by atoms with Gasteiger partial charge in [0, 0.05) is 37.9 Å². The summed E-state index contributed by atoms with van der Waals surface area (Å²) in [5, 5.41) is 4.04. The van der Waals surface area contributed by atoms with Crippen LogP contribution in [0.15, 0.2) is 66.0 Å². The number of carbonyl (C=O) groups is 2. The van der Waals surface area contributed by atoms with Gasteiger partial charge in [0.15, 0.2) is 5.13 Å². The molecule has 0 saturated heterocycles. The monoisotopic (exact) mass is 390 g/mol. The zero-order valence-corrected chi connectivity index (χ0v) is 15.4. The first kappa shape index (κ1) is 16.2. The molecule has 0 N–H and O–H groups in total. The minimum Gasteiger partial charge on any atom is -0.268 e. The maximum absolute atomic E-state index is 13.1. The van der Waals surface area contributed by atoms with Crippen LogP contribution >= 0.6 is 22.9 Å². The first-order chi connectivity index (χ1) is 13.1. The number of thiazole rings is 1. The summed E-state index contributed by atoms with van der Waals surface area (Å²) in [5.41, 5.74) is 2.59. The molecule has 4 nitrogen and oxygen atoms in total. The molecule has 6 heteroatoms. The Morgan fingerprint density at radius 3 is 2.37 bits per heavy atom. The second kappa shape index (κ2) is 6.01. The highest BCUT2D eigenvalue weighted by Crippen LogP contribution is 2.37. The van der Waals surface area contributed by atoms with Crippen LogP contribution in [-0.2, 0) is 0 Å². The minimum atomic E-state index is -0.380. The molecular formula is C21H11ClN2O2S. The van der Waals surface area contributed by atoms with Crippen molar-refractivity contribution < 1.29 is 9.59 Å². The molecular weight excluding hydrogens is 380 g/mol. The summed E-state index contributed by atoms with van der Waals surface area (Å²) in [6.07, 6.45) is 0. The molecule has 3 aromatic carbocycles. The van der Waals surface area contributed by atoms with Gasteiger partial charge in [-0.2, -0.15) is 0 Å². The van der Waals surface area contributed by atoms with Crippen molar-refractivity contribution in [1.82, 2.24) is 4.98 Å². The van der Waals surface area contributed by atoms with Gasteiger partial charge in [-0.15, -0.1) is 11.3 Å². The maximum atomic E-state index is 13.1. The topological polar surface area (TPSA) is 50.3 Å². The van der Waals surface area contributed by atoms with Crippen LogP contribution < -0.4 is 4.90 Å². The van der Waals surface area contributed by atoms with E-state index in [4.69, 9.17) is 11.6 Å². The Hall–Kier alpha value is -3.02. The third kappa shape index (κ3) is 2.40. The van der Waals surface area contributed by atoms with E-state index in [2.05, 4.69) is 4.98 Å². The Bertz CT molecular complexity index is 1210. The van der Waals surface area contributed by atoms with Gasteiger partial charge in [-0.1, -0.05) is 54.1 Å². The predicted molar refractivity (Wildman–Crippen MR) is 108 cm³/mol. The summed E-state index contributed by atoms with van der Waals surface area (Å²) in [5.74, 6) is -0.761. The zero-order valence-electron chi connectivity index (χ0n) is 13.8. The summed E-state index contributed by atoms with van der Waals surface area (Å²) in [6.45, 7) is 0. The van der Waals surface area contributed by atoms with E-state index >= 15 is 0 Å². The Labute approximate surface area is 163 Å². The average molecular weight is 391 g/mol. The molecule has 0 atom stereocenters. The lowest BCUT2D eigenvalue weighted by Gasteiger charge is -2.25. The largest absolute Gasteiger partial charge is 0.268 e. The SMILES string of the molecule is O=C1c2cccc3c(Cl)ccc(c23)C(=O)N1c1nc(-c2ccccc2)cs1. The molecule has 0 unspecified atom stereocenters. The molecule has 1 aliphatic heterocycles. The Balaban J connectivity index is 1.66. The van der Waals surface area contributed by atoms with E-state index in [-0.39, 0.29) is 11.8 Å². The fourth-order valence-electron chi connectivity index (χ4n) is 3.34. The van der Waals surface area contributed by atoms with Crippen LogP contribution in [0.1, 0.15) is 20.7 Å². The van der Waals surface area contributed by atoms with Crippen molar-refractivity contribution in [2.75, 3.05) is 4.90 Å². The third-order valence-electron chi connectivity index (χ3n) is 4.61. The maximum Gasteiger partial charge on any atom is 0.267 e. The highest BCUT2D eigenvalue weighted by molar-refractivity contribution is 7.14. The molecule has 5 rings (SSSR count). The van der Waals surface area contributed by atoms with Crippen molar-refractivity contribution in [2.45, 2.75) is 0 Å². The van der Waals surface area contributed by atoms with E-state index in [0.717, 1.165) is 16.2 Å². The van der Waals surface area contributed by atoms with Crippen LogP contribution in [0, 0.1) is 0 Å². The number of hydrogen-bond acceptors (Lipinski definition) is 4. The van der Waals surface area contributed by atoms with E-state index < -0.39 is 0 Å². The number of aromatic nitrogens is 1. The lowest BCUT2D eigenvalue weighted by Crippen LogP contribution is -2.40. The second-order valence-electron chi connectivity index (χ2n) is 6.15. The zero-order chi connectivity index (χ0) is 18.5. The molecule has 0 fully saturated rings. The molecule has 130 valence electrons. The Morgan fingerprint density at radius 2 is 1.59 bits per heavy atom. The normalized spacial score (nSPS) is 13.4. The molecule has 0 aliphatic carbocycles. The van der Waals surface area contributed by atoms with Gasteiger partial charge in [0.25, 0.3) is 11.8 Å². The van der Waals surface area contributed by atoms with E-state index in [1.54, 1.807) is 24.3 Å². The third-order valence-corrected chi connectivity index (χ3v) is 5.76. The van der Waals surface area contributed by atoms with Crippen molar-refractivity contribution in [3.05, 3.63) is 82.2 Å². The Kier molecular flexibility index (Phi) is 3.60. The van der Waals surface area contributed by atoms with Gasteiger partial charge >= 0.3 is 0 Å². The molecule has 2 heterocycles. The highest BCUT2D eigenvalue weighted by atomic mass is 35.5. The summed E-state index contributed by atoms with van der Waals surface area (Å²) in [7, 11) is 0. The molecule has 0 bridgehead atoms. The van der Waals surface area contributed by atoms with E-state index in [9.17, 15) is 9.59 Å². The summed E-state index contributed by atoms with van der Waals surface area (Å²) >= 11 is 7.53. The lowest BCUT2D eigenvalue weighted by atomic mass is 9.94. The van der Waals surface area contributed by atoms with Gasteiger partial charge in [-0.05, 0) is 18.2 Å². The summed E-state index contributed by atoms with van der Waals surface area (Å²) in [4.78, 5) is 31.9. The first-order valence-corrected chi connectivity index (χ1v) is 9.52. The molecule has 1 aliphatic rings. The number of hydrogen-bond donors (Lipinski definition) is 0. The van der Waals surface area contributed by atoms with Crippen LogP contribution in [0.2, 0.25) is 5.02 Å². The van der Waals surface area contributed by atoms with Gasteiger partial charge in [0.2, 0.25) is 0 Å². The molecule has 0 radical (unpaired) electrons. The van der Waals surface area contributed by atoms with Gasteiger partial charge < -0.3 is 0 Å². The van der Waals surface area contributed by atoms with Crippen molar-refractivity contribution in [1.29, 1.82) is 0 Å². The highest BCUT2D eigenvalue weighted by Gasteiger charge is 2.36. The van der Waals surface area contributed by atoms with Crippen LogP contribution in [-0.4, -0.2) is 16.8 Å². The number of imide groups is 1. The van der Waals surface area contributed by atoms with Crippen LogP contribution in [0.25, 0.3) is 22.0 Å². The molecule has 0 saturated carbocycles. The van der Waals surface area contributed by atoms with Crippen LogP contribution in [0.5, 0.6) is 0 Å². The summed E-state index contributed by atoms with van der Waals surface area (Å²) < 4.78 is 0. The quantitative estimate of drug-likeness (QED) is 0.429. The molecule has 2 amide bonds. The van der Waals surface area contributed by atoms with Crippen molar-refractivity contribution >= 4 is 50.7 Å². The van der Waals surface area contributed by atoms with Crippen LogP contribution in [0.4, 0.5) is 5.13 Å². The molecule has 4 aromatic rings. The number of anilines is 1. The first-order valence-electron chi connectivity index (χ1n) is 8.26. The number of rotatable bonds is 2. The second-order valence-corrected chi connectivity index (χ2v) is 7.39. The van der Waals surface area contributed by atoms with Gasteiger partial charge in [-0.3, -0.25) is 9.59 Å². The minimum absolute atomic E-state index is 0.362. The smallest absolute Gasteiger partial charge is 0.267 e. The fraction of sp³-hybridized carbons (Fsp3) is 0. The molecule has 0 spiro atoms. The number of amides is 2. The van der Waals surface area contributed by atoms with E-state index in [0.29, 0.717) is 32.1 Å². The lowest BCUT2D eigenvalue weighted by molar-refractivity contribution is 0.0893. The standard InChI is InChI=1S/C21H11ClN2O2S/c22-16-10-9-15-18-13(16)7-4-8-14(18)19(25)24(20(15)26)21-23-17(11-27-21)12-5-2-1-3-6-12/h1-11H. The summed E-state index contributed by atoms with van der Waals surface area (Å²) in [6, 6.07) is 18.3. The Morgan fingerprint density at radius 1 is 0.852 bits per heavy atom. The van der Waals surface area contributed by atoms with E-state index in [1.165, 1.54) is 11.3 Å². The van der Waals surface area contributed by atoms with Gasteiger partial charge in [0.1, 0.15) is 0 Å². The van der Waals surface area contributed by atoms with Crippen molar-refractivity contribution in [2.24, 2.45) is 0 Å². The molecule has 1 aromatic heterocycles. The van der Waals surface area contributed by atoms with Crippen molar-refractivity contribution in [3.63, 3.8) is 0 Å². The van der Waals surface area contributed by atoms with Crippen molar-refractivity contribution in [3.8, 4) is 11.3 Å². The van der Waals surface area contributed by atoms with Gasteiger partial charge in [-0.25, -0.2) is 9.88 Å². The number of benzene rings is 3. The number of halogens is 1. The average Bonchev–Trinajstić information content (AvgIpc) is 3.18. The predicted octanol–water partition coefficient (Wildman–Crippen LogP) is 5.42. The fourth-order valence-corrected chi connectivity index (χ4v) is 4.39. The van der Waals surface area contributed by atoms with E-state index in [1.807, 2.05) is 41.8 Å². The number of carbonyl (C=O) groups excluding carboxylic acids is 2. The van der Waals surface area contributed by atoms with Crippen LogP contribution in [0.3, 0.4) is 0 Å².